The predicted molar refractivity (Wildman–Crippen MR) is 108 cm³/mol. The molecule has 2 atom stereocenters. The zero-order valence-electron chi connectivity index (χ0n) is 15.4. The van der Waals surface area contributed by atoms with Crippen molar-refractivity contribution in [2.45, 2.75) is 52.1 Å². The van der Waals surface area contributed by atoms with Gasteiger partial charge in [-0.15, -0.1) is 24.0 Å². The molecule has 0 aromatic heterocycles. The fourth-order valence-electron chi connectivity index (χ4n) is 3.27. The van der Waals surface area contributed by atoms with Gasteiger partial charge in [0, 0.05) is 52.5 Å². The Balaban J connectivity index is 0.00000264. The molecule has 1 saturated carbocycles. The zero-order chi connectivity index (χ0) is 16.2. The summed E-state index contributed by atoms with van der Waals surface area (Å²) in [5, 5.41) is 7.16. The number of aliphatic imine (C=N–C) groups is 1. The summed E-state index contributed by atoms with van der Waals surface area (Å²) in [4.78, 5) is 6.95. The molecule has 0 bridgehead atoms. The van der Waals surface area contributed by atoms with Crippen molar-refractivity contribution in [3.8, 4) is 0 Å². The molecule has 1 aliphatic heterocycles. The molecule has 2 fully saturated rings. The quantitative estimate of drug-likeness (QED) is 0.364. The number of guanidine groups is 1. The van der Waals surface area contributed by atoms with E-state index in [1.165, 1.54) is 19.4 Å². The van der Waals surface area contributed by atoms with Crippen LogP contribution in [-0.2, 0) is 4.74 Å². The van der Waals surface area contributed by atoms with E-state index in [9.17, 15) is 0 Å². The minimum absolute atomic E-state index is 0. The number of hydrogen-bond acceptors (Lipinski definition) is 3. The predicted octanol–water partition coefficient (Wildman–Crippen LogP) is 2.31. The van der Waals surface area contributed by atoms with Gasteiger partial charge in [0.25, 0.3) is 0 Å². The highest BCUT2D eigenvalue weighted by atomic mass is 127. The van der Waals surface area contributed by atoms with Crippen LogP contribution in [0.1, 0.15) is 40.0 Å². The standard InChI is InChI=1S/C17H34N4O.HI/c1-13(2)21-10-14(3)15(11-21)20-16(18-4)19-12-17(6-7-17)8-9-22-5;/h13-15H,6-12H2,1-5H3,(H2,18,19,20);1H. The van der Waals surface area contributed by atoms with Gasteiger partial charge in [0.15, 0.2) is 5.96 Å². The third-order valence-corrected chi connectivity index (χ3v) is 5.34. The lowest BCUT2D eigenvalue weighted by Crippen LogP contribution is -2.48. The van der Waals surface area contributed by atoms with E-state index in [1.807, 2.05) is 7.05 Å². The van der Waals surface area contributed by atoms with Crippen LogP contribution in [0.5, 0.6) is 0 Å². The van der Waals surface area contributed by atoms with E-state index < -0.39 is 0 Å². The van der Waals surface area contributed by atoms with E-state index in [4.69, 9.17) is 4.74 Å². The Labute approximate surface area is 159 Å². The highest BCUT2D eigenvalue weighted by Crippen LogP contribution is 2.48. The van der Waals surface area contributed by atoms with Crippen molar-refractivity contribution in [1.29, 1.82) is 0 Å². The number of rotatable bonds is 7. The van der Waals surface area contributed by atoms with Crippen molar-refractivity contribution in [3.05, 3.63) is 0 Å². The summed E-state index contributed by atoms with van der Waals surface area (Å²) in [5.41, 5.74) is 0.443. The van der Waals surface area contributed by atoms with Crippen LogP contribution >= 0.6 is 24.0 Å². The van der Waals surface area contributed by atoms with Crippen molar-refractivity contribution >= 4 is 29.9 Å². The Morgan fingerprint density at radius 3 is 2.52 bits per heavy atom. The first-order valence-electron chi connectivity index (χ1n) is 8.70. The van der Waals surface area contributed by atoms with Crippen LogP contribution in [0.2, 0.25) is 0 Å². The molecule has 1 saturated heterocycles. The maximum atomic E-state index is 5.23. The van der Waals surface area contributed by atoms with Crippen LogP contribution in [0, 0.1) is 11.3 Å². The van der Waals surface area contributed by atoms with Gasteiger partial charge in [-0.25, -0.2) is 0 Å². The lowest BCUT2D eigenvalue weighted by atomic mass is 10.0. The van der Waals surface area contributed by atoms with E-state index in [1.54, 1.807) is 7.11 Å². The lowest BCUT2D eigenvalue weighted by molar-refractivity contribution is 0.172. The Morgan fingerprint density at radius 2 is 2.04 bits per heavy atom. The summed E-state index contributed by atoms with van der Waals surface area (Å²) in [6, 6.07) is 1.11. The van der Waals surface area contributed by atoms with Gasteiger partial charge in [-0.3, -0.25) is 9.89 Å². The second-order valence-corrected chi connectivity index (χ2v) is 7.44. The lowest BCUT2D eigenvalue weighted by Gasteiger charge is -2.23. The Hall–Kier alpha value is -0.0800. The van der Waals surface area contributed by atoms with E-state index in [2.05, 4.69) is 41.3 Å². The van der Waals surface area contributed by atoms with Crippen LogP contribution in [0.3, 0.4) is 0 Å². The molecule has 0 amide bonds. The summed E-state index contributed by atoms with van der Waals surface area (Å²) in [5.74, 6) is 1.61. The molecule has 2 rings (SSSR count). The summed E-state index contributed by atoms with van der Waals surface area (Å²) in [6.07, 6.45) is 3.76. The number of ether oxygens (including phenoxy) is 1. The van der Waals surface area contributed by atoms with E-state index in [-0.39, 0.29) is 24.0 Å². The molecule has 5 nitrogen and oxygen atoms in total. The van der Waals surface area contributed by atoms with E-state index >= 15 is 0 Å². The number of halogens is 1. The van der Waals surface area contributed by atoms with E-state index in [0.29, 0.717) is 23.4 Å². The average molecular weight is 438 g/mol. The van der Waals surface area contributed by atoms with Crippen LogP contribution in [0.25, 0.3) is 0 Å². The Kier molecular flexibility index (Phi) is 8.58. The molecule has 1 heterocycles. The van der Waals surface area contributed by atoms with Crippen molar-refractivity contribution < 1.29 is 4.74 Å². The summed E-state index contributed by atoms with van der Waals surface area (Å²) < 4.78 is 5.23. The molecule has 0 radical (unpaired) electrons. The fourth-order valence-corrected chi connectivity index (χ4v) is 3.27. The first-order chi connectivity index (χ1) is 10.5. The van der Waals surface area contributed by atoms with Gasteiger partial charge in [0.2, 0.25) is 0 Å². The molecule has 6 heteroatoms. The maximum absolute atomic E-state index is 5.23. The van der Waals surface area contributed by atoms with Gasteiger partial charge in [0.05, 0.1) is 0 Å². The molecule has 0 aromatic rings. The normalized spacial score (nSPS) is 27.0. The molecule has 136 valence electrons. The molecule has 0 spiro atoms. The molecule has 0 aromatic carbocycles. The molecule has 2 N–H and O–H groups in total. The van der Waals surface area contributed by atoms with Gasteiger partial charge in [0.1, 0.15) is 0 Å². The van der Waals surface area contributed by atoms with Crippen LogP contribution < -0.4 is 10.6 Å². The highest BCUT2D eigenvalue weighted by molar-refractivity contribution is 14.0. The minimum atomic E-state index is 0. The maximum Gasteiger partial charge on any atom is 0.191 e. The fraction of sp³-hybridized carbons (Fsp3) is 0.941. The van der Waals surface area contributed by atoms with E-state index in [0.717, 1.165) is 32.1 Å². The third kappa shape index (κ3) is 6.05. The third-order valence-electron chi connectivity index (χ3n) is 5.34. The average Bonchev–Trinajstić information content (AvgIpc) is 3.17. The smallest absolute Gasteiger partial charge is 0.191 e. The summed E-state index contributed by atoms with van der Waals surface area (Å²) >= 11 is 0. The number of likely N-dealkylation sites (tertiary alicyclic amines) is 1. The minimum Gasteiger partial charge on any atom is -0.385 e. The SMILES string of the molecule is CN=C(NCC1(CCOC)CC1)NC1CN(C(C)C)CC1C.I. The second kappa shape index (κ2) is 9.42. The molecular weight excluding hydrogens is 403 g/mol. The number of nitrogens with one attached hydrogen (secondary N) is 2. The van der Waals surface area contributed by atoms with Gasteiger partial charge >= 0.3 is 0 Å². The highest BCUT2D eigenvalue weighted by Gasteiger charge is 2.42. The monoisotopic (exact) mass is 438 g/mol. The van der Waals surface area contributed by atoms with Crippen LogP contribution in [0.4, 0.5) is 0 Å². The number of nitrogens with zero attached hydrogens (tertiary/aromatic N) is 2. The Morgan fingerprint density at radius 1 is 1.35 bits per heavy atom. The topological polar surface area (TPSA) is 48.9 Å². The molecule has 1 aliphatic carbocycles. The zero-order valence-corrected chi connectivity index (χ0v) is 17.7. The molecular formula is C17H35IN4O. The summed E-state index contributed by atoms with van der Waals surface area (Å²) in [6.45, 7) is 11.0. The van der Waals surface area contributed by atoms with Crippen molar-refractivity contribution in [2.24, 2.45) is 16.3 Å². The van der Waals surface area contributed by atoms with Gasteiger partial charge in [-0.05, 0) is 44.4 Å². The van der Waals surface area contributed by atoms with Gasteiger partial charge in [-0.1, -0.05) is 6.92 Å². The van der Waals surface area contributed by atoms with Crippen molar-refractivity contribution in [3.63, 3.8) is 0 Å². The first-order valence-corrected chi connectivity index (χ1v) is 8.70. The van der Waals surface area contributed by atoms with Crippen molar-refractivity contribution in [1.82, 2.24) is 15.5 Å². The molecule has 23 heavy (non-hydrogen) atoms. The molecule has 2 unspecified atom stereocenters. The summed E-state index contributed by atoms with van der Waals surface area (Å²) in [7, 11) is 3.65. The second-order valence-electron chi connectivity index (χ2n) is 7.44. The molecule has 2 aliphatic rings. The van der Waals surface area contributed by atoms with Crippen LogP contribution in [0.15, 0.2) is 4.99 Å². The van der Waals surface area contributed by atoms with Crippen molar-refractivity contribution in [2.75, 3.05) is 40.4 Å². The number of hydrogen-bond donors (Lipinski definition) is 2. The first kappa shape index (κ1) is 21.0. The number of methoxy groups -OCH3 is 1. The van der Waals surface area contributed by atoms with Crippen LogP contribution in [-0.4, -0.2) is 63.3 Å². The Bertz CT molecular complexity index is 385. The largest absolute Gasteiger partial charge is 0.385 e. The van der Waals surface area contributed by atoms with Gasteiger partial charge < -0.3 is 15.4 Å². The van der Waals surface area contributed by atoms with Gasteiger partial charge in [-0.2, -0.15) is 0 Å².